The molecule has 0 saturated carbocycles. The van der Waals surface area contributed by atoms with Gasteiger partial charge in [0.1, 0.15) is 0 Å². The highest BCUT2D eigenvalue weighted by atomic mass is 79.9. The average molecular weight is 443 g/mol. The van der Waals surface area contributed by atoms with Crippen molar-refractivity contribution in [3.63, 3.8) is 0 Å². The molecule has 0 spiro atoms. The topological polar surface area (TPSA) is 67.2 Å². The van der Waals surface area contributed by atoms with Crippen molar-refractivity contribution in [3.05, 3.63) is 74.7 Å². The fraction of sp³-hybridized carbons (Fsp3) is 0.286. The Labute approximate surface area is 172 Å². The number of aryl methyl sites for hydroxylation is 1. The first-order valence-corrected chi connectivity index (χ1v) is 9.86. The van der Waals surface area contributed by atoms with Gasteiger partial charge in [0.2, 0.25) is 5.91 Å². The van der Waals surface area contributed by atoms with Crippen LogP contribution in [0.4, 0.5) is 0 Å². The second-order valence-electron chi connectivity index (χ2n) is 6.94. The van der Waals surface area contributed by atoms with Gasteiger partial charge >= 0.3 is 0 Å². The maximum absolute atomic E-state index is 12.6. The van der Waals surface area contributed by atoms with Crippen LogP contribution in [0.5, 0.6) is 0 Å². The summed E-state index contributed by atoms with van der Waals surface area (Å²) < 4.78 is 2.31. The third-order valence-electron chi connectivity index (χ3n) is 4.45. The number of aromatic nitrogens is 2. The molecular weight excluding hydrogens is 420 g/mol. The summed E-state index contributed by atoms with van der Waals surface area (Å²) in [5.41, 5.74) is 2.79. The zero-order valence-corrected chi connectivity index (χ0v) is 17.6. The van der Waals surface area contributed by atoms with E-state index >= 15 is 0 Å². The van der Waals surface area contributed by atoms with Crippen LogP contribution in [0.2, 0.25) is 0 Å². The molecule has 1 aromatic heterocycles. The van der Waals surface area contributed by atoms with Crippen molar-refractivity contribution in [2.45, 2.75) is 26.1 Å². The van der Waals surface area contributed by atoms with E-state index in [-0.39, 0.29) is 17.9 Å². The van der Waals surface area contributed by atoms with E-state index in [0.717, 1.165) is 16.6 Å². The minimum Gasteiger partial charge on any atom is -0.352 e. The predicted octanol–water partition coefficient (Wildman–Crippen LogP) is 2.93. The standard InChI is InChI=1S/C21H23BrN4O2/c1-25(2)13-16-6-4-3-5-15(16)12-23-20(27)9-10-26-14-24-19-8-7-17(22)11-18(19)21(26)28/h3-8,11,14H,9-10,12-13H2,1-2H3,(H,23,27). The Balaban J connectivity index is 1.62. The molecule has 3 rings (SSSR count). The fourth-order valence-corrected chi connectivity index (χ4v) is 3.38. The second-order valence-corrected chi connectivity index (χ2v) is 7.85. The molecule has 1 amide bonds. The zero-order valence-electron chi connectivity index (χ0n) is 16.0. The van der Waals surface area contributed by atoms with Crippen molar-refractivity contribution in [2.24, 2.45) is 0 Å². The molecule has 2 aromatic carbocycles. The van der Waals surface area contributed by atoms with Crippen molar-refractivity contribution in [1.29, 1.82) is 0 Å². The molecule has 1 N–H and O–H groups in total. The van der Waals surface area contributed by atoms with E-state index in [2.05, 4.69) is 37.2 Å². The number of nitrogens with one attached hydrogen (secondary N) is 1. The van der Waals surface area contributed by atoms with Gasteiger partial charge < -0.3 is 10.2 Å². The summed E-state index contributed by atoms with van der Waals surface area (Å²) in [6.45, 7) is 1.58. The van der Waals surface area contributed by atoms with Gasteiger partial charge in [-0.3, -0.25) is 14.2 Å². The van der Waals surface area contributed by atoms with Gasteiger partial charge in [0.25, 0.3) is 5.56 Å². The molecule has 0 radical (unpaired) electrons. The summed E-state index contributed by atoms with van der Waals surface area (Å²) in [5, 5.41) is 3.48. The number of hydrogen-bond acceptors (Lipinski definition) is 4. The van der Waals surface area contributed by atoms with Crippen molar-refractivity contribution in [2.75, 3.05) is 14.1 Å². The Morgan fingerprint density at radius 2 is 1.93 bits per heavy atom. The maximum Gasteiger partial charge on any atom is 0.261 e. The summed E-state index contributed by atoms with van der Waals surface area (Å²) in [4.78, 5) is 31.3. The number of rotatable bonds is 7. The summed E-state index contributed by atoms with van der Waals surface area (Å²) in [5.74, 6) is -0.0964. The number of benzene rings is 2. The second kappa shape index (κ2) is 9.12. The lowest BCUT2D eigenvalue weighted by molar-refractivity contribution is -0.121. The van der Waals surface area contributed by atoms with Crippen molar-refractivity contribution in [3.8, 4) is 0 Å². The Kier molecular flexibility index (Phi) is 6.59. The Bertz CT molecular complexity index is 1050. The van der Waals surface area contributed by atoms with Crippen LogP contribution in [-0.2, 0) is 24.4 Å². The Morgan fingerprint density at radius 3 is 2.68 bits per heavy atom. The van der Waals surface area contributed by atoms with Crippen LogP contribution in [0, 0.1) is 0 Å². The molecule has 0 aliphatic heterocycles. The number of fused-ring (bicyclic) bond motifs is 1. The van der Waals surface area contributed by atoms with Gasteiger partial charge in [-0.1, -0.05) is 40.2 Å². The molecule has 0 bridgehead atoms. The van der Waals surface area contributed by atoms with Gasteiger partial charge in [0.05, 0.1) is 17.2 Å². The van der Waals surface area contributed by atoms with E-state index in [1.54, 1.807) is 12.1 Å². The first kappa shape index (κ1) is 20.2. The molecule has 6 nitrogen and oxygen atoms in total. The summed E-state index contributed by atoms with van der Waals surface area (Å²) in [7, 11) is 4.03. The van der Waals surface area contributed by atoms with E-state index in [1.807, 2.05) is 38.4 Å². The van der Waals surface area contributed by atoms with Crippen molar-refractivity contribution >= 4 is 32.7 Å². The first-order valence-electron chi connectivity index (χ1n) is 9.07. The molecule has 0 aliphatic carbocycles. The number of hydrogen-bond donors (Lipinski definition) is 1. The zero-order chi connectivity index (χ0) is 20.1. The number of carbonyl (C=O) groups excluding carboxylic acids is 1. The summed E-state index contributed by atoms with van der Waals surface area (Å²) in [6, 6.07) is 13.5. The molecule has 3 aromatic rings. The SMILES string of the molecule is CN(C)Cc1ccccc1CNC(=O)CCn1cnc2ccc(Br)cc2c1=O. The van der Waals surface area contributed by atoms with E-state index in [4.69, 9.17) is 0 Å². The van der Waals surface area contributed by atoms with Gasteiger partial charge in [-0.25, -0.2) is 4.98 Å². The van der Waals surface area contributed by atoms with Crippen LogP contribution in [-0.4, -0.2) is 34.5 Å². The molecule has 0 saturated heterocycles. The number of nitrogens with zero attached hydrogens (tertiary/aromatic N) is 3. The third kappa shape index (κ3) is 5.05. The lowest BCUT2D eigenvalue weighted by Gasteiger charge is -2.14. The molecule has 0 atom stereocenters. The largest absolute Gasteiger partial charge is 0.352 e. The van der Waals surface area contributed by atoms with E-state index in [1.165, 1.54) is 16.5 Å². The first-order chi connectivity index (χ1) is 13.4. The van der Waals surface area contributed by atoms with Crippen LogP contribution in [0.3, 0.4) is 0 Å². The lowest BCUT2D eigenvalue weighted by atomic mass is 10.1. The fourth-order valence-electron chi connectivity index (χ4n) is 3.02. The normalized spacial score (nSPS) is 11.1. The average Bonchev–Trinajstić information content (AvgIpc) is 2.67. The van der Waals surface area contributed by atoms with Crippen LogP contribution in [0.25, 0.3) is 10.9 Å². The van der Waals surface area contributed by atoms with Gasteiger partial charge in [-0.2, -0.15) is 0 Å². The van der Waals surface area contributed by atoms with Crippen molar-refractivity contribution < 1.29 is 4.79 Å². The summed E-state index contributed by atoms with van der Waals surface area (Å²) in [6.07, 6.45) is 1.72. The highest BCUT2D eigenvalue weighted by Gasteiger charge is 2.09. The van der Waals surface area contributed by atoms with Gasteiger partial charge in [-0.15, -0.1) is 0 Å². The number of amides is 1. The molecule has 146 valence electrons. The maximum atomic E-state index is 12.6. The molecule has 28 heavy (non-hydrogen) atoms. The molecular formula is C21H23BrN4O2. The summed E-state index contributed by atoms with van der Waals surface area (Å²) >= 11 is 3.37. The van der Waals surface area contributed by atoms with E-state index in [0.29, 0.717) is 24.0 Å². The van der Waals surface area contributed by atoms with Gasteiger partial charge in [0.15, 0.2) is 0 Å². The highest BCUT2D eigenvalue weighted by molar-refractivity contribution is 9.10. The van der Waals surface area contributed by atoms with Crippen LogP contribution in [0.15, 0.2) is 58.1 Å². The molecule has 7 heteroatoms. The molecule has 0 fully saturated rings. The molecule has 0 unspecified atom stereocenters. The van der Waals surface area contributed by atoms with Crippen LogP contribution in [0.1, 0.15) is 17.5 Å². The Morgan fingerprint density at radius 1 is 1.18 bits per heavy atom. The van der Waals surface area contributed by atoms with E-state index in [9.17, 15) is 9.59 Å². The van der Waals surface area contributed by atoms with Gasteiger partial charge in [0, 0.05) is 30.5 Å². The number of carbonyl (C=O) groups is 1. The Hall–Kier alpha value is -2.51. The monoisotopic (exact) mass is 442 g/mol. The molecule has 0 aliphatic rings. The smallest absolute Gasteiger partial charge is 0.261 e. The van der Waals surface area contributed by atoms with Gasteiger partial charge in [-0.05, 0) is 43.4 Å². The quantitative estimate of drug-likeness (QED) is 0.610. The minimum atomic E-state index is -0.143. The van der Waals surface area contributed by atoms with Crippen LogP contribution >= 0.6 is 15.9 Å². The molecule has 1 heterocycles. The third-order valence-corrected chi connectivity index (χ3v) is 4.94. The van der Waals surface area contributed by atoms with Crippen LogP contribution < -0.4 is 10.9 Å². The van der Waals surface area contributed by atoms with E-state index < -0.39 is 0 Å². The number of halogens is 1. The lowest BCUT2D eigenvalue weighted by Crippen LogP contribution is -2.28. The highest BCUT2D eigenvalue weighted by Crippen LogP contribution is 2.15. The van der Waals surface area contributed by atoms with Crippen molar-refractivity contribution in [1.82, 2.24) is 19.8 Å². The predicted molar refractivity (Wildman–Crippen MR) is 114 cm³/mol. The minimum absolute atomic E-state index is 0.0964.